The van der Waals surface area contributed by atoms with E-state index in [9.17, 15) is 19.2 Å². The van der Waals surface area contributed by atoms with Crippen LogP contribution in [-0.2, 0) is 9.59 Å². The molecule has 29 nitrogen and oxygen atoms in total. The lowest BCUT2D eigenvalue weighted by Crippen LogP contribution is -2.50. The van der Waals surface area contributed by atoms with Gasteiger partial charge in [0.25, 0.3) is 17.5 Å². The third kappa shape index (κ3) is 9.83. The number of anilines is 2. The zero-order chi connectivity index (χ0) is 52.2. The van der Waals surface area contributed by atoms with Crippen LogP contribution in [0.3, 0.4) is 0 Å². The zero-order valence-electron chi connectivity index (χ0n) is 40.2. The first-order valence-corrected chi connectivity index (χ1v) is 24.6. The minimum atomic E-state index is -1.54. The van der Waals surface area contributed by atoms with Gasteiger partial charge in [-0.1, -0.05) is 0 Å². The van der Waals surface area contributed by atoms with Crippen molar-refractivity contribution in [3.63, 3.8) is 0 Å². The number of Topliss-reactive ketones (excluding diaryl/α,β-unsaturated/α-hetero) is 2. The maximum atomic E-state index is 13.4. The summed E-state index contributed by atoms with van der Waals surface area (Å²) in [7, 11) is 2.90. The number of carboxylic acid groups (broad SMARTS) is 1. The smallest absolute Gasteiger partial charge is 0.377 e. The topological polar surface area (TPSA) is 356 Å². The van der Waals surface area contributed by atoms with Gasteiger partial charge < -0.3 is 44.6 Å². The molecule has 1 amide bonds. The summed E-state index contributed by atoms with van der Waals surface area (Å²) in [6, 6.07) is 0. The first-order valence-electron chi connectivity index (χ1n) is 22.8. The average molecular weight is 1060 g/mol. The van der Waals surface area contributed by atoms with Gasteiger partial charge in [0.2, 0.25) is 0 Å². The molecule has 2 saturated heterocycles. The van der Waals surface area contributed by atoms with Gasteiger partial charge >= 0.3 is 5.97 Å². The minimum Gasteiger partial charge on any atom is -0.494 e. The predicted molar refractivity (Wildman–Crippen MR) is 270 cm³/mol. The average Bonchev–Trinajstić information content (AvgIpc) is 4.29. The Morgan fingerprint density at radius 3 is 1.51 bits per heavy atom. The van der Waals surface area contributed by atoms with Gasteiger partial charge in [0.05, 0.1) is 59.5 Å². The molecule has 0 aromatic carbocycles. The quantitative estimate of drug-likeness (QED) is 0.0755. The highest BCUT2D eigenvalue weighted by Crippen LogP contribution is 2.34. The van der Waals surface area contributed by atoms with Crippen molar-refractivity contribution in [1.29, 1.82) is 0 Å². The Kier molecular flexibility index (Phi) is 14.0. The Labute approximate surface area is 430 Å². The largest absolute Gasteiger partial charge is 0.494 e. The van der Waals surface area contributed by atoms with Crippen LogP contribution in [0, 0.1) is 13.8 Å². The lowest BCUT2D eigenvalue weighted by Gasteiger charge is -2.34. The standard InChI is InChI=1S/C22H21N11O3S.C13H11N5O4.C9H12N6S/c1-12-26-11-33(29-12)19-16-15(14(36-2)10-25-19)13(9-24-16)18(34)22(35)32-6-4-31(5-7-32)20-17(27-30-28-20)21-23-3-8-37-21;1-6-16-5-18(17-6)12-10-9(8(22-2)4-15-12)7(3-14-10)11(19)13(20)21;1-4-15(5-2-10-1)8-7(12-14-13-8)9-11-3-6-16-9/h3,8-11,24H,4-7H2,1-2H3,(H,27,28,30);3-5,14H,1-2H3,(H,20,21);3,6,10H,1-2,4-5H2,(H,12,13,14). The van der Waals surface area contributed by atoms with Gasteiger partial charge in [0, 0.05) is 87.9 Å². The number of carboxylic acids is 1. The van der Waals surface area contributed by atoms with Crippen LogP contribution in [0.25, 0.3) is 54.8 Å². The Morgan fingerprint density at radius 2 is 1.08 bits per heavy atom. The first-order chi connectivity index (χ1) is 36.5. The summed E-state index contributed by atoms with van der Waals surface area (Å²) in [6.45, 7) is 9.12. The molecule has 0 saturated carbocycles. The predicted octanol–water partition coefficient (Wildman–Crippen LogP) is 2.30. The van der Waals surface area contributed by atoms with Gasteiger partial charge in [-0.15, -0.1) is 32.9 Å². The number of nitrogens with one attached hydrogen (secondary N) is 5. The van der Waals surface area contributed by atoms with E-state index in [-0.39, 0.29) is 11.1 Å². The molecule has 31 heteroatoms. The number of amides is 1. The van der Waals surface area contributed by atoms with Crippen LogP contribution in [0.15, 0.2) is 60.6 Å². The molecule has 2 aliphatic heterocycles. The van der Waals surface area contributed by atoms with Crippen LogP contribution >= 0.6 is 22.7 Å². The van der Waals surface area contributed by atoms with Crippen molar-refractivity contribution in [3.05, 3.63) is 83.4 Å². The third-order valence-corrected chi connectivity index (χ3v) is 13.4. The van der Waals surface area contributed by atoms with Crippen molar-refractivity contribution in [2.24, 2.45) is 0 Å². The van der Waals surface area contributed by atoms with E-state index in [2.05, 4.69) is 91.1 Å². The molecule has 0 spiro atoms. The van der Waals surface area contributed by atoms with Crippen LogP contribution in [0.4, 0.5) is 11.6 Å². The lowest BCUT2D eigenvalue weighted by molar-refractivity contribution is -0.131. The van der Waals surface area contributed by atoms with E-state index in [0.717, 1.165) is 47.7 Å². The number of hydrogen-bond acceptors (Lipinski definition) is 23. The van der Waals surface area contributed by atoms with Gasteiger partial charge in [-0.3, -0.25) is 14.4 Å². The number of pyridine rings is 2. The molecule has 0 unspecified atom stereocenters. The van der Waals surface area contributed by atoms with E-state index in [4.69, 9.17) is 14.6 Å². The summed E-state index contributed by atoms with van der Waals surface area (Å²) in [4.78, 5) is 86.5. The summed E-state index contributed by atoms with van der Waals surface area (Å²) in [5.41, 5.74) is 2.70. The molecule has 0 atom stereocenters. The molecule has 0 bridgehead atoms. The second-order valence-corrected chi connectivity index (χ2v) is 18.1. The molecule has 12 heterocycles. The van der Waals surface area contributed by atoms with E-state index < -0.39 is 23.4 Å². The molecular weight excluding hydrogens is 1010 g/mol. The normalized spacial score (nSPS) is 13.6. The maximum absolute atomic E-state index is 13.4. The van der Waals surface area contributed by atoms with E-state index in [1.54, 1.807) is 42.5 Å². The van der Waals surface area contributed by atoms with Gasteiger partial charge in [-0.05, 0) is 13.8 Å². The maximum Gasteiger partial charge on any atom is 0.377 e. The number of carbonyl (C=O) groups excluding carboxylic acids is 3. The van der Waals surface area contributed by atoms with Crippen LogP contribution in [-0.4, -0.2) is 190 Å². The SMILES string of the molecule is COc1cnc(-n2cnc(C)n2)c2[nH]cc(C(=O)C(=O)N3CCN(c4n[nH]nc4-c4nccs4)CC3)c12.COc1cnc(-n2cnc(C)n2)c2[nH]cc(C(=O)C(=O)O)c12.c1csc(-c2n[nH]nc2N2CCNCC2)n1. The van der Waals surface area contributed by atoms with Gasteiger partial charge in [-0.25, -0.2) is 44.1 Å². The second kappa shape index (κ2) is 21.4. The number of ether oxygens (including phenoxy) is 2. The summed E-state index contributed by atoms with van der Waals surface area (Å²) < 4.78 is 13.6. The molecule has 10 aromatic heterocycles. The Morgan fingerprint density at radius 1 is 0.600 bits per heavy atom. The number of rotatable bonds is 12. The summed E-state index contributed by atoms with van der Waals surface area (Å²) >= 11 is 3.06. The number of carbonyl (C=O) groups is 4. The fourth-order valence-corrected chi connectivity index (χ4v) is 9.59. The van der Waals surface area contributed by atoms with Gasteiger partial charge in [0.1, 0.15) is 45.8 Å². The number of hydrogen-bond donors (Lipinski definition) is 6. The van der Waals surface area contributed by atoms with Crippen molar-refractivity contribution in [2.45, 2.75) is 13.8 Å². The number of thiazole rings is 2. The van der Waals surface area contributed by atoms with Gasteiger partial charge in [-0.2, -0.15) is 30.8 Å². The van der Waals surface area contributed by atoms with Gasteiger partial charge in [0.15, 0.2) is 34.7 Å². The van der Waals surface area contributed by atoms with E-state index in [1.807, 2.05) is 15.7 Å². The third-order valence-electron chi connectivity index (χ3n) is 11.9. The number of aryl methyl sites for hydroxylation is 2. The number of ketones is 2. The molecule has 75 heavy (non-hydrogen) atoms. The molecule has 2 fully saturated rings. The van der Waals surface area contributed by atoms with Crippen LogP contribution < -0.4 is 24.6 Å². The number of piperazine rings is 2. The number of methoxy groups -OCH3 is 2. The molecule has 2 aliphatic rings. The number of aliphatic carboxylic acids is 1. The first kappa shape index (κ1) is 49.2. The molecular formula is C44H44N22O7S2. The Hall–Kier alpha value is -9.36. The molecule has 384 valence electrons. The van der Waals surface area contributed by atoms with Crippen molar-refractivity contribution < 1.29 is 33.8 Å². The number of aromatic nitrogens is 18. The number of H-pyrrole nitrogens is 4. The molecule has 0 radical (unpaired) electrons. The molecule has 6 N–H and O–H groups in total. The highest BCUT2D eigenvalue weighted by atomic mass is 32.1. The number of nitrogens with zero attached hydrogens (tertiary/aromatic N) is 17. The molecule has 0 aliphatic carbocycles. The summed E-state index contributed by atoms with van der Waals surface area (Å²) in [5.74, 6) is 0.434. The van der Waals surface area contributed by atoms with Crippen LogP contribution in [0.5, 0.6) is 11.5 Å². The summed E-state index contributed by atoms with van der Waals surface area (Å²) in [6.07, 6.45) is 12.2. The Balaban J connectivity index is 0.000000142. The fraction of sp³-hybridized carbons (Fsp3) is 0.273. The zero-order valence-corrected chi connectivity index (χ0v) is 41.9. The number of aromatic amines is 4. The molecule has 12 rings (SSSR count). The minimum absolute atomic E-state index is 0.000151. The van der Waals surface area contributed by atoms with Crippen molar-refractivity contribution in [1.82, 2.24) is 100 Å². The highest BCUT2D eigenvalue weighted by Gasteiger charge is 2.32. The molecule has 10 aromatic rings. The lowest BCUT2D eigenvalue weighted by atomic mass is 10.1. The van der Waals surface area contributed by atoms with E-state index >= 15 is 0 Å². The van der Waals surface area contributed by atoms with E-state index in [1.165, 1.54) is 72.4 Å². The highest BCUT2D eigenvalue weighted by molar-refractivity contribution is 7.13. The number of fused-ring (bicyclic) bond motifs is 2. The Bertz CT molecular complexity index is 3640. The second-order valence-electron chi connectivity index (χ2n) is 16.3. The van der Waals surface area contributed by atoms with Crippen molar-refractivity contribution in [3.8, 4) is 44.5 Å². The van der Waals surface area contributed by atoms with Crippen LogP contribution in [0.1, 0.15) is 32.4 Å². The fourth-order valence-electron chi connectivity index (χ4n) is 8.35. The van der Waals surface area contributed by atoms with Crippen molar-refractivity contribution >= 4 is 79.6 Å². The van der Waals surface area contributed by atoms with E-state index in [0.29, 0.717) is 94.3 Å². The van der Waals surface area contributed by atoms with Crippen molar-refractivity contribution in [2.75, 3.05) is 76.4 Å². The summed E-state index contributed by atoms with van der Waals surface area (Å²) in [5, 5.41) is 49.3. The van der Waals surface area contributed by atoms with Crippen LogP contribution in [0.2, 0.25) is 0 Å². The monoisotopic (exact) mass is 1060 g/mol.